The monoisotopic (exact) mass is 603 g/mol. The second kappa shape index (κ2) is 22.2. The first-order chi connectivity index (χ1) is 20.4. The molecular formula is C30H45N5O8. The first kappa shape index (κ1) is 38.5. The number of carbonyl (C=O) groups excluding carboxylic acids is 4. The predicted octanol–water partition coefficient (Wildman–Crippen LogP) is 1.08. The summed E-state index contributed by atoms with van der Waals surface area (Å²) in [6, 6.07) is 13.1. The molecule has 3 unspecified atom stereocenters. The number of aldehydes is 1. The zero-order chi connectivity index (χ0) is 32.8. The SMILES string of the molecule is CNC(Cc1ccc(N)cc1)C(=O)O.COC(=O)C(C=O)CCCCN.COC(=O)C(Cc1ccc(N)cc1)NC(C)=O. The topological polar surface area (TPSA) is 226 Å². The summed E-state index contributed by atoms with van der Waals surface area (Å²) in [4.78, 5) is 54.4. The Bertz CT molecular complexity index is 1130. The minimum atomic E-state index is -0.843. The minimum absolute atomic E-state index is 0.268. The number of benzene rings is 2. The lowest BCUT2D eigenvalue weighted by molar-refractivity contribution is -0.147. The third kappa shape index (κ3) is 17.2. The summed E-state index contributed by atoms with van der Waals surface area (Å²) in [5.41, 5.74) is 19.5. The average Bonchev–Trinajstić information content (AvgIpc) is 2.99. The maximum Gasteiger partial charge on any atom is 0.328 e. The molecule has 0 saturated carbocycles. The van der Waals surface area contributed by atoms with Crippen LogP contribution in [0.1, 0.15) is 37.3 Å². The van der Waals surface area contributed by atoms with E-state index in [-0.39, 0.29) is 5.91 Å². The number of aliphatic carboxylic acids is 1. The Balaban J connectivity index is 0.000000626. The molecule has 0 radical (unpaired) electrons. The molecule has 3 atom stereocenters. The molecule has 0 aliphatic carbocycles. The quantitative estimate of drug-likeness (QED) is 0.0586. The summed E-state index contributed by atoms with van der Waals surface area (Å²) in [5.74, 6) is -2.64. The maximum absolute atomic E-state index is 11.5. The summed E-state index contributed by atoms with van der Waals surface area (Å²) in [7, 11) is 4.21. The smallest absolute Gasteiger partial charge is 0.328 e. The summed E-state index contributed by atoms with van der Waals surface area (Å²) in [6.07, 6.45) is 3.63. The molecule has 2 aromatic carbocycles. The number of carboxylic acids is 1. The van der Waals surface area contributed by atoms with E-state index in [2.05, 4.69) is 20.1 Å². The van der Waals surface area contributed by atoms with Crippen LogP contribution in [-0.2, 0) is 46.3 Å². The first-order valence-electron chi connectivity index (χ1n) is 13.6. The van der Waals surface area contributed by atoms with Crippen molar-refractivity contribution in [2.75, 3.05) is 39.3 Å². The molecule has 0 heterocycles. The Morgan fingerprint density at radius 3 is 1.65 bits per heavy atom. The molecule has 2 rings (SSSR count). The molecule has 0 aliphatic rings. The zero-order valence-corrected chi connectivity index (χ0v) is 25.2. The molecule has 9 N–H and O–H groups in total. The van der Waals surface area contributed by atoms with Crippen LogP contribution < -0.4 is 27.8 Å². The summed E-state index contributed by atoms with van der Waals surface area (Å²) < 4.78 is 9.06. The Labute approximate surface area is 252 Å². The normalized spacial score (nSPS) is 12.0. The van der Waals surface area contributed by atoms with Gasteiger partial charge in [0.15, 0.2) is 0 Å². The molecule has 0 saturated heterocycles. The largest absolute Gasteiger partial charge is 0.480 e. The van der Waals surface area contributed by atoms with Gasteiger partial charge in [-0.2, -0.15) is 0 Å². The van der Waals surface area contributed by atoms with Gasteiger partial charge in [0.2, 0.25) is 5.91 Å². The number of amides is 1. The summed E-state index contributed by atoms with van der Waals surface area (Å²) >= 11 is 0. The van der Waals surface area contributed by atoms with Gasteiger partial charge < -0.3 is 47.2 Å². The van der Waals surface area contributed by atoms with Crippen LogP contribution in [0, 0.1) is 5.92 Å². The van der Waals surface area contributed by atoms with E-state index in [0.29, 0.717) is 43.5 Å². The number of methoxy groups -OCH3 is 2. The fraction of sp³-hybridized carbons (Fsp3) is 0.433. The number of likely N-dealkylation sites (N-methyl/N-ethyl adjacent to an activating group) is 1. The van der Waals surface area contributed by atoms with Crippen LogP contribution in [0.25, 0.3) is 0 Å². The highest BCUT2D eigenvalue weighted by atomic mass is 16.5. The average molecular weight is 604 g/mol. The summed E-state index contributed by atoms with van der Waals surface area (Å²) in [5, 5.41) is 14.1. The first-order valence-corrected chi connectivity index (χ1v) is 13.6. The van der Waals surface area contributed by atoms with Crippen molar-refractivity contribution >= 4 is 41.5 Å². The van der Waals surface area contributed by atoms with Crippen molar-refractivity contribution in [1.29, 1.82) is 0 Å². The molecule has 13 heteroatoms. The Morgan fingerprint density at radius 1 is 0.837 bits per heavy atom. The van der Waals surface area contributed by atoms with Gasteiger partial charge in [-0.1, -0.05) is 30.7 Å². The lowest BCUT2D eigenvalue weighted by atomic mass is 10.0. The van der Waals surface area contributed by atoms with Crippen molar-refractivity contribution in [3.63, 3.8) is 0 Å². The highest BCUT2D eigenvalue weighted by Crippen LogP contribution is 2.10. The van der Waals surface area contributed by atoms with Crippen molar-refractivity contribution in [2.24, 2.45) is 11.7 Å². The number of hydrogen-bond acceptors (Lipinski definition) is 11. The Morgan fingerprint density at radius 2 is 1.30 bits per heavy atom. The fourth-order valence-corrected chi connectivity index (χ4v) is 3.57. The molecule has 13 nitrogen and oxygen atoms in total. The van der Waals surface area contributed by atoms with E-state index in [9.17, 15) is 24.0 Å². The standard InChI is InChI=1S/C12H16N2O3.C10H14N2O2.C8H15NO3/c1-8(15)14-11(12(16)17-2)7-9-3-5-10(13)6-4-9;1-12-9(10(13)14)6-7-2-4-8(11)5-3-7;1-12-8(11)7(6-10)4-2-3-5-9/h3-6,11H,7,13H2,1-2H3,(H,14,15);2-5,9,12H,6,11H2,1H3,(H,13,14);6-7H,2-5,9H2,1H3. The number of unbranched alkanes of at least 4 members (excludes halogenated alkanes) is 1. The van der Waals surface area contributed by atoms with Crippen LogP contribution in [0.3, 0.4) is 0 Å². The zero-order valence-electron chi connectivity index (χ0n) is 25.2. The second-order valence-corrected chi connectivity index (χ2v) is 9.40. The molecule has 1 amide bonds. The van der Waals surface area contributed by atoms with Gasteiger partial charge in [0.05, 0.1) is 14.2 Å². The minimum Gasteiger partial charge on any atom is -0.480 e. The van der Waals surface area contributed by atoms with Gasteiger partial charge in [0, 0.05) is 24.7 Å². The van der Waals surface area contributed by atoms with Crippen LogP contribution in [-0.4, -0.2) is 75.1 Å². The van der Waals surface area contributed by atoms with E-state index >= 15 is 0 Å². The van der Waals surface area contributed by atoms with Crippen molar-refractivity contribution in [1.82, 2.24) is 10.6 Å². The number of nitrogen functional groups attached to an aromatic ring is 2. The van der Waals surface area contributed by atoms with Crippen LogP contribution in [0.5, 0.6) is 0 Å². The van der Waals surface area contributed by atoms with Crippen molar-refractivity contribution in [2.45, 2.75) is 51.1 Å². The van der Waals surface area contributed by atoms with Crippen LogP contribution in [0.15, 0.2) is 48.5 Å². The number of nitrogens with two attached hydrogens (primary N) is 3. The number of esters is 2. The van der Waals surface area contributed by atoms with E-state index in [1.807, 2.05) is 24.3 Å². The number of ether oxygens (including phenoxy) is 2. The molecular weight excluding hydrogens is 558 g/mol. The van der Waals surface area contributed by atoms with Crippen LogP contribution in [0.4, 0.5) is 11.4 Å². The number of anilines is 2. The van der Waals surface area contributed by atoms with E-state index in [4.69, 9.17) is 22.3 Å². The number of carbonyl (C=O) groups is 5. The van der Waals surface area contributed by atoms with Gasteiger partial charge in [-0.3, -0.25) is 14.4 Å². The van der Waals surface area contributed by atoms with Gasteiger partial charge in [-0.05, 0) is 68.2 Å². The molecule has 0 aliphatic heterocycles. The van der Waals surface area contributed by atoms with Crippen molar-refractivity contribution < 1.29 is 38.6 Å². The van der Waals surface area contributed by atoms with E-state index in [0.717, 1.165) is 24.0 Å². The number of nitrogens with one attached hydrogen (secondary N) is 2. The predicted molar refractivity (Wildman–Crippen MR) is 164 cm³/mol. The molecule has 0 spiro atoms. The van der Waals surface area contributed by atoms with Gasteiger partial charge >= 0.3 is 17.9 Å². The summed E-state index contributed by atoms with van der Waals surface area (Å²) in [6.45, 7) is 1.95. The maximum atomic E-state index is 11.5. The number of rotatable bonds is 14. The van der Waals surface area contributed by atoms with E-state index in [1.165, 1.54) is 21.1 Å². The molecule has 43 heavy (non-hydrogen) atoms. The highest BCUT2D eigenvalue weighted by molar-refractivity contribution is 5.87. The lowest BCUT2D eigenvalue weighted by Crippen LogP contribution is -2.41. The van der Waals surface area contributed by atoms with Crippen molar-refractivity contribution in [3.8, 4) is 0 Å². The molecule has 2 aromatic rings. The highest BCUT2D eigenvalue weighted by Gasteiger charge is 2.20. The molecule has 0 bridgehead atoms. The second-order valence-electron chi connectivity index (χ2n) is 9.40. The molecule has 238 valence electrons. The lowest BCUT2D eigenvalue weighted by Gasteiger charge is -2.15. The van der Waals surface area contributed by atoms with Gasteiger partial charge in [-0.15, -0.1) is 0 Å². The Hall–Kier alpha value is -4.49. The van der Waals surface area contributed by atoms with E-state index in [1.54, 1.807) is 31.3 Å². The van der Waals surface area contributed by atoms with Gasteiger partial charge in [0.1, 0.15) is 24.3 Å². The Kier molecular flexibility index (Phi) is 19.8. The van der Waals surface area contributed by atoms with Crippen LogP contribution in [0.2, 0.25) is 0 Å². The third-order valence-electron chi connectivity index (χ3n) is 5.99. The fourth-order valence-electron chi connectivity index (χ4n) is 3.57. The number of hydrogen-bond donors (Lipinski definition) is 6. The van der Waals surface area contributed by atoms with Crippen LogP contribution >= 0.6 is 0 Å². The van der Waals surface area contributed by atoms with Crippen molar-refractivity contribution in [3.05, 3.63) is 59.7 Å². The van der Waals surface area contributed by atoms with Gasteiger partial charge in [-0.25, -0.2) is 4.79 Å². The van der Waals surface area contributed by atoms with E-state index < -0.39 is 35.9 Å². The third-order valence-corrected chi connectivity index (χ3v) is 5.99. The molecule has 0 aromatic heterocycles. The van der Waals surface area contributed by atoms with Gasteiger partial charge in [0.25, 0.3) is 0 Å². The molecule has 0 fully saturated rings. The number of carboxylic acid groups (broad SMARTS) is 1.